The summed E-state index contributed by atoms with van der Waals surface area (Å²) in [5, 5.41) is 342. The highest BCUT2D eigenvalue weighted by atomic mass is 16.8. The van der Waals surface area contributed by atoms with Crippen molar-refractivity contribution >= 4 is 41.3 Å². The maximum Gasteiger partial charge on any atom is 0.364 e. The highest BCUT2D eigenvalue weighted by Gasteiger charge is 2.64. The quantitative estimate of drug-likeness (QED) is 0.0289. The highest BCUT2D eigenvalue weighted by Crippen LogP contribution is 2.43. The van der Waals surface area contributed by atoms with Crippen LogP contribution in [0.4, 0.5) is 5.82 Å². The third-order valence-electron chi connectivity index (χ3n) is 24.5. The number of anilines is 1. The lowest BCUT2D eigenvalue weighted by molar-refractivity contribution is -0.400. The molecule has 0 bridgehead atoms. The number of hydrogen-bond donors (Lipinski definition) is 35. The van der Waals surface area contributed by atoms with E-state index in [1.54, 1.807) is 12.1 Å². The molecule has 138 heavy (non-hydrogen) atoms. The van der Waals surface area contributed by atoms with Crippen LogP contribution in [0.15, 0.2) is 24.4 Å². The number of aliphatic hydroxyl groups is 28. The Balaban J connectivity index is 0.983. The number of aromatic nitrogens is 1. The topological polar surface area (TPSA) is 940 Å². The molecule has 9 fully saturated rings. The van der Waals surface area contributed by atoms with Crippen LogP contribution in [-0.4, -0.2) is 567 Å². The highest BCUT2D eigenvalue weighted by molar-refractivity contribution is 5.77. The van der Waals surface area contributed by atoms with Gasteiger partial charge in [-0.2, -0.15) is 0 Å². The van der Waals surface area contributed by atoms with Crippen molar-refractivity contribution in [2.45, 2.75) is 347 Å². The number of pyridine rings is 1. The molecule has 0 radical (unpaired) electrons. The largest absolute Gasteiger partial charge is 0.477 e. The summed E-state index contributed by atoms with van der Waals surface area (Å²) in [5.74, 6) is -10.0. The predicted octanol–water partition coefficient (Wildman–Crippen LogP) is -21.7. The van der Waals surface area contributed by atoms with E-state index in [1.807, 2.05) is 0 Å². The number of rotatable bonds is 42. The molecule has 60 nitrogen and oxygen atoms in total. The van der Waals surface area contributed by atoms with E-state index < -0.39 is 414 Å². The summed E-state index contributed by atoms with van der Waals surface area (Å²) in [7, 11) is 0. The van der Waals surface area contributed by atoms with Crippen LogP contribution >= 0.6 is 0 Å². The SMILES string of the molecule is CC(=O)N[C@H]1[C@H](O[C@@H]([C@H](O)[C@H](CNc2ccccn2)NC(C)=O)[C@H](O)CO)O[C@H](CO)[C@@H](O[C@@H]2O[C@H](CO[C@H]3O[C@H](CO)[C@@H](O)[C@H](O)[C@@H]3O[C@@H]3O[C@H](CO)[C@@H](O[C@@H]4O[C@H](CO)[C@H](O)[C@H](O)[C@H]4O)[C@H](O)[C@H]3NC(C)=O)[C@@H](O)[C@H](O[C@H]3O[C@H](CO)[C@@H](O)[C@H](O)[C@@H]3O[C@@H]3O[C@H](CO)[C@@H](O[C@@H]4O[C@H](CO)[C@H](O)[C@H](O[C@]5(C(=O)O)C[C@H](O)[C@@H](NC(C)=O)[C@H]([C@H](O)[C@H](O)CO)O5)[C@H]4O)[C@H](O)[C@H]3NC(C)=O)[C@@H]2O)[C@@H]1O. The molecule has 1 aromatic heterocycles. The van der Waals surface area contributed by atoms with Crippen LogP contribution in [0.3, 0.4) is 0 Å². The van der Waals surface area contributed by atoms with E-state index in [4.69, 9.17) is 85.3 Å². The summed E-state index contributed by atoms with van der Waals surface area (Å²) in [4.78, 5) is 82.0. The van der Waals surface area contributed by atoms with Crippen molar-refractivity contribution in [3.05, 3.63) is 24.4 Å². The van der Waals surface area contributed by atoms with E-state index in [9.17, 15) is 177 Å². The van der Waals surface area contributed by atoms with Crippen molar-refractivity contribution in [1.82, 2.24) is 31.6 Å². The van der Waals surface area contributed by atoms with Gasteiger partial charge in [-0.3, -0.25) is 24.0 Å². The molecular weight excluding hydrogens is 1880 g/mol. The molecule has 10 rings (SSSR count). The minimum absolute atomic E-state index is 0.216. The minimum atomic E-state index is -3.34. The van der Waals surface area contributed by atoms with Gasteiger partial charge < -0.3 is 265 Å². The fourth-order valence-electron chi connectivity index (χ4n) is 17.3. The van der Waals surface area contributed by atoms with Gasteiger partial charge >= 0.3 is 5.97 Å². The Kier molecular flexibility index (Phi) is 41.8. The monoisotopic (exact) mass is 2010 g/mol. The molecule has 1 aromatic rings. The third kappa shape index (κ3) is 26.2. The smallest absolute Gasteiger partial charge is 0.364 e. The number of amides is 5. The van der Waals surface area contributed by atoms with Crippen molar-refractivity contribution in [3.8, 4) is 0 Å². The number of carbonyl (C=O) groups excluding carboxylic acids is 5. The van der Waals surface area contributed by atoms with Crippen LogP contribution in [0.5, 0.6) is 0 Å². The third-order valence-corrected chi connectivity index (χ3v) is 24.5. The Morgan fingerprint density at radius 3 is 1.22 bits per heavy atom. The Bertz CT molecular complexity index is 3980. The van der Waals surface area contributed by atoms with Crippen LogP contribution in [-0.2, 0) is 114 Å². The average Bonchev–Trinajstić information content (AvgIpc) is 0.750. The van der Waals surface area contributed by atoms with E-state index in [0.29, 0.717) is 0 Å². The molecule has 9 aliphatic rings. The molecule has 0 aromatic carbocycles. The van der Waals surface area contributed by atoms with E-state index in [2.05, 4.69) is 36.9 Å². The molecule has 9 aliphatic heterocycles. The predicted molar refractivity (Wildman–Crippen MR) is 433 cm³/mol. The molecular formula is C78H127N7O53. The summed E-state index contributed by atoms with van der Waals surface area (Å²) in [5.41, 5.74) is 0. The van der Waals surface area contributed by atoms with Gasteiger partial charge in [-0.15, -0.1) is 0 Å². The number of carbonyl (C=O) groups is 6. The zero-order valence-electron chi connectivity index (χ0n) is 74.3. The lowest BCUT2D eigenvalue weighted by Gasteiger charge is -2.51. The number of aliphatic hydroxyl groups excluding tert-OH is 28. The zero-order chi connectivity index (χ0) is 102. The standard InChI is InChI=1S/C78H127N7O53/c1-22(95)81-27(11-80-39-8-6-7-9-79-39)44(103)60(30(102)13-87)130-69-41(83-24(3)97)51(110)62(36(19-93)126-69)132-73-58(117)65(50(109)38(129-73)21-121-75-67(55(114)47(106)32(15-89)124-75)135-70-42(84-25(4)98)52(111)61(35(18-92)127-70)131-72-57(116)54(113)46(105)31(14-88)122-72)134-76-68(56(115)48(107)33(16-90)125-76)136-71-43(85-26(5)99)53(112)63(37(20-94)128-71)133-74-59(118)66(49(108)34(17-91)123-74)138-78(77(119)120)10-28(100)40(82-23(2)96)64(137-78)45(104)29(101)12-86/h6-9,27-38,40-76,86-94,100-118H,10-21H2,1-5H3,(H,79,80)(H,81,95)(H,82,96)(H,83,97)(H,84,98)(H,85,99)(H,119,120)/t27-,28-,29+,30+,31+,32+,33+,34+,35+,36+,37+,38+,40+,41+,42+,43+,44+,45+,46-,47+,48+,49-,50+,51+,52+,53+,54-,55-,56-,57+,58-,59+,60+,61+,62+,63+,64+,65-,66-,67-,68-,69-,70-,71-,72-,73-,74-,75-,76+,78-/m0/s1. The number of ether oxygens (including phenoxy) is 18. The maximum absolute atomic E-state index is 13.3. The van der Waals surface area contributed by atoms with E-state index in [0.717, 1.165) is 34.6 Å². The molecule has 0 spiro atoms. The average molecular weight is 2010 g/mol. The van der Waals surface area contributed by atoms with Crippen molar-refractivity contribution < 1.29 is 262 Å². The number of nitrogens with one attached hydrogen (secondary N) is 6. The van der Waals surface area contributed by atoms with Gasteiger partial charge in [0.1, 0.15) is 238 Å². The van der Waals surface area contributed by atoms with Crippen LogP contribution < -0.4 is 31.9 Å². The summed E-state index contributed by atoms with van der Waals surface area (Å²) >= 11 is 0. The molecule has 0 aliphatic carbocycles. The van der Waals surface area contributed by atoms with Gasteiger partial charge in [-0.1, -0.05) is 6.07 Å². The van der Waals surface area contributed by atoms with Gasteiger partial charge in [0.15, 0.2) is 50.3 Å². The molecule has 60 heteroatoms. The Hall–Kier alpha value is -6.07. The van der Waals surface area contributed by atoms with Gasteiger partial charge in [0.05, 0.1) is 84.3 Å². The second-order valence-electron chi connectivity index (χ2n) is 34.3. The number of carboxylic acids is 1. The normalized spacial score (nSPS) is 43.2. The summed E-state index contributed by atoms with van der Waals surface area (Å²) in [6.07, 6.45) is -98.3. The van der Waals surface area contributed by atoms with Gasteiger partial charge in [0.25, 0.3) is 5.79 Å². The first-order valence-electron chi connectivity index (χ1n) is 43.7. The summed E-state index contributed by atoms with van der Waals surface area (Å²) in [6, 6.07) is -4.72. The van der Waals surface area contributed by atoms with Crippen LogP contribution in [0.25, 0.3) is 0 Å². The first-order chi connectivity index (χ1) is 65.3. The number of carboxylic acid groups (broad SMARTS) is 1. The minimum Gasteiger partial charge on any atom is -0.477 e. The van der Waals surface area contributed by atoms with Crippen LogP contribution in [0.1, 0.15) is 41.0 Å². The first kappa shape index (κ1) is 114. The molecule has 5 amide bonds. The number of aliphatic carboxylic acids is 1. The van der Waals surface area contributed by atoms with E-state index >= 15 is 0 Å². The van der Waals surface area contributed by atoms with Crippen molar-refractivity contribution in [3.63, 3.8) is 0 Å². The fourth-order valence-corrected chi connectivity index (χ4v) is 17.3. The second-order valence-corrected chi connectivity index (χ2v) is 34.3. The number of hydrogen-bond acceptors (Lipinski definition) is 54. The molecule has 792 valence electrons. The Morgan fingerprint density at radius 1 is 0.399 bits per heavy atom. The van der Waals surface area contributed by atoms with Crippen LogP contribution in [0, 0.1) is 0 Å². The second kappa shape index (κ2) is 50.6. The Morgan fingerprint density at radius 2 is 0.783 bits per heavy atom. The zero-order valence-corrected chi connectivity index (χ0v) is 74.3. The fraction of sp³-hybridized carbons (Fsp3) is 0.859. The van der Waals surface area contributed by atoms with Gasteiger partial charge in [-0.05, 0) is 12.1 Å². The first-order valence-corrected chi connectivity index (χ1v) is 43.7. The molecule has 10 heterocycles. The van der Waals surface area contributed by atoms with Gasteiger partial charge in [0.2, 0.25) is 29.5 Å². The maximum atomic E-state index is 13.3. The number of nitrogens with zero attached hydrogens (tertiary/aromatic N) is 1. The van der Waals surface area contributed by atoms with Crippen molar-refractivity contribution in [2.75, 3.05) is 77.9 Å². The van der Waals surface area contributed by atoms with E-state index in [1.165, 1.54) is 12.3 Å². The van der Waals surface area contributed by atoms with Gasteiger partial charge in [-0.25, -0.2) is 9.78 Å². The molecule has 0 saturated carbocycles. The summed E-state index contributed by atoms with van der Waals surface area (Å²) < 4.78 is 108. The van der Waals surface area contributed by atoms with Gasteiger partial charge in [0, 0.05) is 53.8 Å². The lowest BCUT2D eigenvalue weighted by Crippen LogP contribution is -2.71. The summed E-state index contributed by atoms with van der Waals surface area (Å²) in [6.45, 7) is -7.84. The van der Waals surface area contributed by atoms with Crippen molar-refractivity contribution in [2.24, 2.45) is 0 Å². The molecule has 35 N–H and O–H groups in total. The Labute approximate surface area is 782 Å². The van der Waals surface area contributed by atoms with Crippen molar-refractivity contribution in [1.29, 1.82) is 0 Å². The van der Waals surface area contributed by atoms with E-state index in [-0.39, 0.29) is 12.4 Å². The molecule has 0 unspecified atom stereocenters. The van der Waals surface area contributed by atoms with Crippen LogP contribution in [0.2, 0.25) is 0 Å². The molecule has 50 atom stereocenters. The lowest BCUT2D eigenvalue weighted by atomic mass is 9.88. The molecule has 9 saturated heterocycles.